The van der Waals surface area contributed by atoms with Crippen LogP contribution in [0.4, 0.5) is 0 Å². The van der Waals surface area contributed by atoms with E-state index < -0.39 is 0 Å². The van der Waals surface area contributed by atoms with Gasteiger partial charge in [-0.3, -0.25) is 9.59 Å². The Morgan fingerprint density at radius 3 is 2.38 bits per heavy atom. The molecule has 5 aromatic rings. The minimum absolute atomic E-state index is 0.153. The van der Waals surface area contributed by atoms with Gasteiger partial charge in [0.25, 0.3) is 11.1 Å². The third-order valence-corrected chi connectivity index (χ3v) is 6.87. The zero-order chi connectivity index (χ0) is 24.1. The molecule has 0 fully saturated rings. The highest BCUT2D eigenvalue weighted by atomic mass is 32.1. The first-order valence-corrected chi connectivity index (χ1v) is 11.6. The van der Waals surface area contributed by atoms with Crippen molar-refractivity contribution < 1.29 is 4.74 Å². The van der Waals surface area contributed by atoms with Crippen molar-refractivity contribution in [3.8, 4) is 33.3 Å². The Morgan fingerprint density at radius 2 is 1.71 bits per heavy atom. The standard InChI is InChI=1S/C26H24N4O3S/c1-14-7-6-8-15(2)24(14)33-21-13-29(4)22(31)10-17(21)19-12-30(5)26(32)23-18(19)9-20(28-23)25-27-11-16(3)34-25/h6-13,28H,1-5H3. The zero-order valence-corrected chi connectivity index (χ0v) is 20.4. The van der Waals surface area contributed by atoms with Gasteiger partial charge in [-0.15, -0.1) is 11.3 Å². The number of para-hydroxylation sites is 1. The summed E-state index contributed by atoms with van der Waals surface area (Å²) in [6.45, 7) is 5.97. The minimum Gasteiger partial charge on any atom is -0.455 e. The lowest BCUT2D eigenvalue weighted by atomic mass is 10.0. The molecule has 0 aliphatic heterocycles. The molecule has 172 valence electrons. The number of benzene rings is 1. The Kier molecular flexibility index (Phi) is 5.25. The lowest BCUT2D eigenvalue weighted by Crippen LogP contribution is -2.18. The molecular formula is C26H24N4O3S. The highest BCUT2D eigenvalue weighted by Gasteiger charge is 2.19. The predicted molar refractivity (Wildman–Crippen MR) is 136 cm³/mol. The molecule has 0 atom stereocenters. The molecule has 0 spiro atoms. The van der Waals surface area contributed by atoms with Crippen molar-refractivity contribution >= 4 is 22.2 Å². The molecule has 0 saturated heterocycles. The van der Waals surface area contributed by atoms with Crippen molar-refractivity contribution in [2.24, 2.45) is 14.1 Å². The summed E-state index contributed by atoms with van der Waals surface area (Å²) in [5.41, 5.74) is 4.23. The van der Waals surface area contributed by atoms with Gasteiger partial charge in [0.05, 0.1) is 11.9 Å². The number of aryl methyl sites for hydroxylation is 5. The number of aromatic nitrogens is 4. The maximum absolute atomic E-state index is 13.0. The van der Waals surface area contributed by atoms with Gasteiger partial charge < -0.3 is 18.9 Å². The molecule has 0 unspecified atom stereocenters. The fraction of sp³-hybridized carbons (Fsp3) is 0.192. The van der Waals surface area contributed by atoms with E-state index in [0.717, 1.165) is 38.0 Å². The first-order valence-electron chi connectivity index (χ1n) is 10.8. The van der Waals surface area contributed by atoms with E-state index in [1.54, 1.807) is 43.9 Å². The van der Waals surface area contributed by atoms with E-state index >= 15 is 0 Å². The van der Waals surface area contributed by atoms with Crippen LogP contribution >= 0.6 is 11.3 Å². The number of hydrogen-bond acceptors (Lipinski definition) is 5. The number of nitrogens with one attached hydrogen (secondary N) is 1. The molecular weight excluding hydrogens is 448 g/mol. The van der Waals surface area contributed by atoms with E-state index in [9.17, 15) is 9.59 Å². The van der Waals surface area contributed by atoms with Crippen LogP contribution in [0.5, 0.6) is 11.5 Å². The molecule has 0 bridgehead atoms. The summed E-state index contributed by atoms with van der Waals surface area (Å²) >= 11 is 1.55. The number of hydrogen-bond donors (Lipinski definition) is 1. The highest BCUT2D eigenvalue weighted by Crippen LogP contribution is 2.38. The van der Waals surface area contributed by atoms with Crippen molar-refractivity contribution in [2.75, 3.05) is 0 Å². The monoisotopic (exact) mass is 472 g/mol. The lowest BCUT2D eigenvalue weighted by Gasteiger charge is -2.17. The predicted octanol–water partition coefficient (Wildman–Crippen LogP) is 5.07. The number of fused-ring (bicyclic) bond motifs is 1. The summed E-state index contributed by atoms with van der Waals surface area (Å²) < 4.78 is 9.42. The number of rotatable bonds is 4. The fourth-order valence-electron chi connectivity index (χ4n) is 4.11. The normalized spacial score (nSPS) is 11.3. The molecule has 7 nitrogen and oxygen atoms in total. The van der Waals surface area contributed by atoms with Crippen molar-refractivity contribution in [3.63, 3.8) is 0 Å². The molecule has 4 heterocycles. The number of nitrogens with zero attached hydrogens (tertiary/aromatic N) is 3. The van der Waals surface area contributed by atoms with Crippen LogP contribution in [0.2, 0.25) is 0 Å². The molecule has 5 rings (SSSR count). The third kappa shape index (κ3) is 3.66. The van der Waals surface area contributed by atoms with Crippen LogP contribution in [-0.2, 0) is 14.1 Å². The van der Waals surface area contributed by atoms with Gasteiger partial charge >= 0.3 is 0 Å². The topological polar surface area (TPSA) is 81.9 Å². The third-order valence-electron chi connectivity index (χ3n) is 5.92. The van der Waals surface area contributed by atoms with Crippen LogP contribution in [0.15, 0.2) is 58.5 Å². The van der Waals surface area contributed by atoms with E-state index in [-0.39, 0.29) is 11.1 Å². The summed E-state index contributed by atoms with van der Waals surface area (Å²) in [5, 5.41) is 1.52. The zero-order valence-electron chi connectivity index (χ0n) is 19.6. The van der Waals surface area contributed by atoms with Crippen LogP contribution in [-0.4, -0.2) is 19.1 Å². The Bertz CT molecular complexity index is 1670. The van der Waals surface area contributed by atoms with E-state index in [4.69, 9.17) is 4.74 Å². The molecule has 1 aromatic carbocycles. The maximum atomic E-state index is 13.0. The molecule has 4 aromatic heterocycles. The SMILES string of the molecule is Cc1cnc(-c2cc3c(-c4cc(=O)n(C)cc4Oc4c(C)cccc4C)cn(C)c(=O)c3[nH]2)s1. The van der Waals surface area contributed by atoms with Gasteiger partial charge in [-0.25, -0.2) is 4.98 Å². The van der Waals surface area contributed by atoms with E-state index in [0.29, 0.717) is 22.2 Å². The van der Waals surface area contributed by atoms with Gasteiger partial charge in [0.15, 0.2) is 5.75 Å². The summed E-state index contributed by atoms with van der Waals surface area (Å²) in [4.78, 5) is 34.4. The number of thiazole rings is 1. The van der Waals surface area contributed by atoms with Gasteiger partial charge in [-0.05, 0) is 38.0 Å². The summed E-state index contributed by atoms with van der Waals surface area (Å²) in [6, 6.07) is 9.44. The molecule has 0 aliphatic rings. The van der Waals surface area contributed by atoms with E-state index in [1.165, 1.54) is 9.13 Å². The van der Waals surface area contributed by atoms with Crippen molar-refractivity contribution in [2.45, 2.75) is 20.8 Å². The van der Waals surface area contributed by atoms with Gasteiger partial charge in [-0.2, -0.15) is 0 Å². The highest BCUT2D eigenvalue weighted by molar-refractivity contribution is 7.14. The second kappa shape index (κ2) is 8.14. The second-order valence-corrected chi connectivity index (χ2v) is 9.76. The van der Waals surface area contributed by atoms with Gasteiger partial charge in [0, 0.05) is 53.9 Å². The summed E-state index contributed by atoms with van der Waals surface area (Å²) in [5.74, 6) is 1.28. The van der Waals surface area contributed by atoms with E-state index in [1.807, 2.05) is 51.2 Å². The van der Waals surface area contributed by atoms with Crippen LogP contribution < -0.4 is 15.9 Å². The van der Waals surface area contributed by atoms with Crippen LogP contribution in [0.1, 0.15) is 16.0 Å². The molecule has 1 N–H and O–H groups in total. The second-order valence-electron chi connectivity index (χ2n) is 8.53. The quantitative estimate of drug-likeness (QED) is 0.396. The van der Waals surface area contributed by atoms with Gasteiger partial charge in [0.1, 0.15) is 16.3 Å². The summed E-state index contributed by atoms with van der Waals surface area (Å²) in [6.07, 6.45) is 5.25. The van der Waals surface area contributed by atoms with Crippen molar-refractivity contribution in [3.05, 3.63) is 85.6 Å². The molecule has 0 radical (unpaired) electrons. The summed E-state index contributed by atoms with van der Waals surface area (Å²) in [7, 11) is 3.39. The number of ether oxygens (including phenoxy) is 1. The van der Waals surface area contributed by atoms with E-state index in [2.05, 4.69) is 9.97 Å². The van der Waals surface area contributed by atoms with Crippen LogP contribution in [0.25, 0.3) is 32.7 Å². The molecule has 8 heteroatoms. The Hall–Kier alpha value is -3.91. The van der Waals surface area contributed by atoms with Crippen molar-refractivity contribution in [1.82, 2.24) is 19.1 Å². The first kappa shape index (κ1) is 21.9. The lowest BCUT2D eigenvalue weighted by molar-refractivity contribution is 0.470. The molecule has 0 saturated carbocycles. The molecule has 0 amide bonds. The largest absolute Gasteiger partial charge is 0.455 e. The average molecular weight is 473 g/mol. The molecule has 0 aliphatic carbocycles. The van der Waals surface area contributed by atoms with Crippen LogP contribution in [0.3, 0.4) is 0 Å². The Balaban J connectivity index is 1.77. The molecule has 34 heavy (non-hydrogen) atoms. The van der Waals surface area contributed by atoms with Gasteiger partial charge in [0.2, 0.25) is 0 Å². The van der Waals surface area contributed by atoms with Crippen molar-refractivity contribution in [1.29, 1.82) is 0 Å². The smallest absolute Gasteiger partial charge is 0.274 e. The van der Waals surface area contributed by atoms with Crippen LogP contribution in [0, 0.1) is 20.8 Å². The number of aromatic amines is 1. The number of H-pyrrole nitrogens is 1. The maximum Gasteiger partial charge on any atom is 0.274 e. The number of pyridine rings is 2. The average Bonchev–Trinajstić information content (AvgIpc) is 3.42. The Morgan fingerprint density at radius 1 is 0.971 bits per heavy atom. The fourth-order valence-corrected chi connectivity index (χ4v) is 4.85. The first-order chi connectivity index (χ1) is 16.2. The van der Waals surface area contributed by atoms with Gasteiger partial charge in [-0.1, -0.05) is 18.2 Å². The Labute approximate surface area is 199 Å². The minimum atomic E-state index is -0.169.